The molecule has 3 amide bonds. The molecule has 1 aliphatic carbocycles. The summed E-state index contributed by atoms with van der Waals surface area (Å²) in [6.45, 7) is 5.10. The second-order valence-electron chi connectivity index (χ2n) is 10.2. The minimum Gasteiger partial charge on any atom is -0.479 e. The summed E-state index contributed by atoms with van der Waals surface area (Å²) in [5.74, 6) is -2.51. The molecular formula is C23H35N3O7. The molecule has 5 atom stereocenters. The van der Waals surface area contributed by atoms with Gasteiger partial charge < -0.3 is 30.5 Å². The number of rotatable bonds is 2. The van der Waals surface area contributed by atoms with Crippen molar-refractivity contribution in [2.75, 3.05) is 6.54 Å². The first-order chi connectivity index (χ1) is 15.4. The summed E-state index contributed by atoms with van der Waals surface area (Å²) in [5.41, 5.74) is -2.12. The number of carboxylic acids is 1. The van der Waals surface area contributed by atoms with Gasteiger partial charge in [-0.1, -0.05) is 25.0 Å². The normalized spacial score (nSPS) is 33.2. The molecule has 10 heteroatoms. The molecule has 0 aromatic heterocycles. The van der Waals surface area contributed by atoms with Crippen LogP contribution in [0.5, 0.6) is 0 Å². The predicted molar refractivity (Wildman–Crippen MR) is 118 cm³/mol. The molecule has 1 saturated carbocycles. The van der Waals surface area contributed by atoms with Gasteiger partial charge in [0.1, 0.15) is 23.2 Å². The van der Waals surface area contributed by atoms with E-state index in [-0.39, 0.29) is 25.3 Å². The van der Waals surface area contributed by atoms with Crippen LogP contribution in [0.4, 0.5) is 4.79 Å². The first kappa shape index (κ1) is 25.0. The quantitative estimate of drug-likeness (QED) is 0.450. The average Bonchev–Trinajstić information content (AvgIpc) is 3.25. The summed E-state index contributed by atoms with van der Waals surface area (Å²) >= 11 is 0. The SMILES string of the molecule is CC(C)(C)OC(=O)N[C@H]1CCCCCC=C[C@@H]2C[C@@]2(C(=O)O)NC(=O)[C@@H]2C[C@H](O)CN2C1=O. The van der Waals surface area contributed by atoms with Gasteiger partial charge in [0.05, 0.1) is 6.10 Å². The van der Waals surface area contributed by atoms with Gasteiger partial charge in [0, 0.05) is 18.9 Å². The smallest absolute Gasteiger partial charge is 0.408 e. The van der Waals surface area contributed by atoms with E-state index in [1.807, 2.05) is 12.2 Å². The number of carboxylic acid groups (broad SMARTS) is 1. The number of amides is 3. The molecule has 0 aromatic carbocycles. The van der Waals surface area contributed by atoms with Crippen LogP contribution in [0, 0.1) is 5.92 Å². The summed E-state index contributed by atoms with van der Waals surface area (Å²) in [4.78, 5) is 52.0. The van der Waals surface area contributed by atoms with Crippen molar-refractivity contribution in [2.24, 2.45) is 5.92 Å². The first-order valence-corrected chi connectivity index (χ1v) is 11.6. The van der Waals surface area contributed by atoms with Gasteiger partial charge in [0.2, 0.25) is 11.8 Å². The summed E-state index contributed by atoms with van der Waals surface area (Å²) < 4.78 is 5.30. The summed E-state index contributed by atoms with van der Waals surface area (Å²) in [7, 11) is 0. The Kier molecular flexibility index (Phi) is 7.36. The van der Waals surface area contributed by atoms with E-state index in [2.05, 4.69) is 10.6 Å². The monoisotopic (exact) mass is 465 g/mol. The third-order valence-corrected chi connectivity index (χ3v) is 6.33. The van der Waals surface area contributed by atoms with Gasteiger partial charge in [0.25, 0.3) is 0 Å². The van der Waals surface area contributed by atoms with Crippen LogP contribution < -0.4 is 10.6 Å². The van der Waals surface area contributed by atoms with E-state index in [9.17, 15) is 29.4 Å². The lowest BCUT2D eigenvalue weighted by molar-refractivity contribution is -0.145. The van der Waals surface area contributed by atoms with Crippen LogP contribution >= 0.6 is 0 Å². The average molecular weight is 466 g/mol. The molecule has 184 valence electrons. The number of aliphatic hydroxyl groups excluding tert-OH is 1. The summed E-state index contributed by atoms with van der Waals surface area (Å²) in [6.07, 6.45) is 5.91. The molecule has 33 heavy (non-hydrogen) atoms. The van der Waals surface area contributed by atoms with Crippen molar-refractivity contribution < 1.29 is 34.1 Å². The maximum atomic E-state index is 13.4. The van der Waals surface area contributed by atoms with Gasteiger partial charge in [-0.05, 0) is 46.5 Å². The second kappa shape index (κ2) is 9.70. The van der Waals surface area contributed by atoms with Crippen LogP contribution in [0.15, 0.2) is 12.2 Å². The lowest BCUT2D eigenvalue weighted by Gasteiger charge is -2.30. The highest BCUT2D eigenvalue weighted by Gasteiger charge is 2.61. The predicted octanol–water partition coefficient (Wildman–Crippen LogP) is 1.32. The highest BCUT2D eigenvalue weighted by atomic mass is 16.6. The number of hydrogen-bond donors (Lipinski definition) is 4. The first-order valence-electron chi connectivity index (χ1n) is 11.6. The minimum absolute atomic E-state index is 0.00688. The van der Waals surface area contributed by atoms with Gasteiger partial charge in [-0.2, -0.15) is 0 Å². The molecule has 0 bridgehead atoms. The van der Waals surface area contributed by atoms with Gasteiger partial charge in [-0.3, -0.25) is 9.59 Å². The fourth-order valence-electron chi connectivity index (χ4n) is 4.53. The molecule has 2 fully saturated rings. The maximum Gasteiger partial charge on any atom is 0.408 e. The van der Waals surface area contributed by atoms with E-state index in [1.54, 1.807) is 20.8 Å². The van der Waals surface area contributed by atoms with E-state index in [0.29, 0.717) is 12.8 Å². The summed E-state index contributed by atoms with van der Waals surface area (Å²) in [5, 5.41) is 25.2. The Labute approximate surface area is 193 Å². The number of hydrogen-bond acceptors (Lipinski definition) is 6. The fourth-order valence-corrected chi connectivity index (χ4v) is 4.53. The van der Waals surface area contributed by atoms with Crippen molar-refractivity contribution in [1.29, 1.82) is 0 Å². The van der Waals surface area contributed by atoms with Crippen molar-refractivity contribution in [3.8, 4) is 0 Å². The fraction of sp³-hybridized carbons (Fsp3) is 0.739. The van der Waals surface area contributed by atoms with Gasteiger partial charge in [-0.15, -0.1) is 0 Å². The van der Waals surface area contributed by atoms with Crippen molar-refractivity contribution in [1.82, 2.24) is 15.5 Å². The topological polar surface area (TPSA) is 145 Å². The van der Waals surface area contributed by atoms with Crippen molar-refractivity contribution in [2.45, 2.75) is 95.0 Å². The molecule has 4 N–H and O–H groups in total. The molecule has 1 saturated heterocycles. The third-order valence-electron chi connectivity index (χ3n) is 6.33. The molecule has 3 rings (SSSR count). The number of alkyl carbamates (subject to hydrolysis) is 1. The number of aliphatic hydroxyl groups is 1. The lowest BCUT2D eigenvalue weighted by atomic mass is 10.0. The Morgan fingerprint density at radius 3 is 2.64 bits per heavy atom. The Morgan fingerprint density at radius 2 is 1.97 bits per heavy atom. The molecule has 0 radical (unpaired) electrons. The highest BCUT2D eigenvalue weighted by Crippen LogP contribution is 2.45. The van der Waals surface area contributed by atoms with Gasteiger partial charge in [-0.25, -0.2) is 9.59 Å². The number of carbonyl (C=O) groups excluding carboxylic acids is 3. The molecular weight excluding hydrogens is 430 g/mol. The minimum atomic E-state index is -1.38. The molecule has 10 nitrogen and oxygen atoms in total. The van der Waals surface area contributed by atoms with Gasteiger partial charge >= 0.3 is 12.1 Å². The molecule has 3 aliphatic rings. The van der Waals surface area contributed by atoms with E-state index < -0.39 is 53.2 Å². The van der Waals surface area contributed by atoms with E-state index in [0.717, 1.165) is 19.3 Å². The second-order valence-corrected chi connectivity index (χ2v) is 10.2. The van der Waals surface area contributed by atoms with E-state index in [1.165, 1.54) is 4.90 Å². The van der Waals surface area contributed by atoms with E-state index in [4.69, 9.17) is 4.74 Å². The van der Waals surface area contributed by atoms with Gasteiger partial charge in [0.15, 0.2) is 0 Å². The largest absolute Gasteiger partial charge is 0.479 e. The van der Waals surface area contributed by atoms with Crippen molar-refractivity contribution in [3.05, 3.63) is 12.2 Å². The standard InChI is InChI=1S/C23H35N3O7/c1-22(2,3)33-21(32)24-16-10-8-6-4-5-7-9-14-12-23(14,20(30)31)25-18(28)17-11-15(27)13-26(17)19(16)29/h7,9,14-17,27H,4-6,8,10-13H2,1-3H3,(H,24,32)(H,25,28)(H,30,31)/t14-,15+,16+,17+,23-/m1/s1. The molecule has 0 unspecified atom stereocenters. The number of allylic oxidation sites excluding steroid dienone is 1. The molecule has 0 aromatic rings. The van der Waals surface area contributed by atoms with E-state index >= 15 is 0 Å². The number of carbonyl (C=O) groups is 4. The Bertz CT molecular complexity index is 821. The van der Waals surface area contributed by atoms with Crippen LogP contribution in [0.3, 0.4) is 0 Å². The van der Waals surface area contributed by atoms with Crippen LogP contribution in [0.1, 0.15) is 65.7 Å². The number of aliphatic carboxylic acids is 1. The Morgan fingerprint density at radius 1 is 1.24 bits per heavy atom. The zero-order valence-electron chi connectivity index (χ0n) is 19.5. The lowest BCUT2D eigenvalue weighted by Crippen LogP contribution is -2.56. The van der Waals surface area contributed by atoms with Crippen molar-refractivity contribution in [3.63, 3.8) is 0 Å². The number of nitrogens with one attached hydrogen (secondary N) is 2. The Balaban J connectivity index is 1.83. The highest BCUT2D eigenvalue weighted by molar-refractivity contribution is 5.96. The number of fused-ring (bicyclic) bond motifs is 2. The maximum absolute atomic E-state index is 13.4. The van der Waals surface area contributed by atoms with Crippen LogP contribution in [-0.4, -0.2) is 74.9 Å². The molecule has 0 spiro atoms. The van der Waals surface area contributed by atoms with Crippen LogP contribution in [-0.2, 0) is 19.1 Å². The zero-order chi connectivity index (χ0) is 24.4. The Hall–Kier alpha value is -2.62. The van der Waals surface area contributed by atoms with Crippen LogP contribution in [0.25, 0.3) is 0 Å². The van der Waals surface area contributed by atoms with Crippen molar-refractivity contribution >= 4 is 23.9 Å². The summed E-state index contributed by atoms with van der Waals surface area (Å²) in [6, 6.07) is -1.93. The zero-order valence-corrected chi connectivity index (χ0v) is 19.5. The molecule has 2 aliphatic heterocycles. The third kappa shape index (κ3) is 6.04. The number of nitrogens with zero attached hydrogens (tertiary/aromatic N) is 1. The molecule has 2 heterocycles. The van der Waals surface area contributed by atoms with Crippen LogP contribution in [0.2, 0.25) is 0 Å². The number of ether oxygens (including phenoxy) is 1.